The lowest BCUT2D eigenvalue weighted by Gasteiger charge is -2.17. The van der Waals surface area contributed by atoms with E-state index in [4.69, 9.17) is 11.6 Å². The van der Waals surface area contributed by atoms with Gasteiger partial charge in [-0.3, -0.25) is 13.6 Å². The van der Waals surface area contributed by atoms with E-state index in [0.29, 0.717) is 23.3 Å². The van der Waals surface area contributed by atoms with Crippen LogP contribution in [-0.4, -0.2) is 25.3 Å². The third-order valence-corrected chi connectivity index (χ3v) is 4.73. The topological polar surface area (TPSA) is 52.0 Å². The predicted molar refractivity (Wildman–Crippen MR) is 83.8 cm³/mol. The average Bonchev–Trinajstić information content (AvgIpc) is 2.41. The third kappa shape index (κ3) is 2.94. The van der Waals surface area contributed by atoms with E-state index in [1.54, 1.807) is 35.9 Å². The zero-order valence-corrected chi connectivity index (χ0v) is 13.2. The molecule has 1 aromatic heterocycles. The largest absolute Gasteiger partial charge is 0.294 e. The standard InChI is InChI=1S/C14H17ClN2O2S/c1-9(20(3)19)8-17-13(10(2)15)16-12-7-5-4-6-11(12)14(17)18/h4-7,9-10H,8H2,1-3H3. The zero-order valence-electron chi connectivity index (χ0n) is 11.7. The van der Waals surface area contributed by atoms with Crippen LogP contribution in [0.15, 0.2) is 29.1 Å². The first kappa shape index (κ1) is 15.2. The Morgan fingerprint density at radius 3 is 2.60 bits per heavy atom. The maximum atomic E-state index is 12.6. The van der Waals surface area contributed by atoms with E-state index in [-0.39, 0.29) is 16.2 Å². The van der Waals surface area contributed by atoms with Crippen molar-refractivity contribution < 1.29 is 4.21 Å². The molecule has 0 N–H and O–H groups in total. The van der Waals surface area contributed by atoms with E-state index in [9.17, 15) is 9.00 Å². The molecule has 2 aromatic rings. The second-order valence-corrected chi connectivity index (χ2v) is 7.28. The van der Waals surface area contributed by atoms with Gasteiger partial charge in [0.2, 0.25) is 0 Å². The molecule has 1 aromatic carbocycles. The minimum Gasteiger partial charge on any atom is -0.294 e. The number of aromatic nitrogens is 2. The first-order valence-corrected chi connectivity index (χ1v) is 8.43. The van der Waals surface area contributed by atoms with Crippen molar-refractivity contribution in [2.75, 3.05) is 6.26 Å². The maximum Gasteiger partial charge on any atom is 0.261 e. The monoisotopic (exact) mass is 312 g/mol. The van der Waals surface area contributed by atoms with Crippen molar-refractivity contribution in [3.8, 4) is 0 Å². The number of hydrogen-bond acceptors (Lipinski definition) is 3. The molecule has 6 heteroatoms. The molecule has 108 valence electrons. The molecule has 0 radical (unpaired) electrons. The molecule has 0 aliphatic carbocycles. The summed E-state index contributed by atoms with van der Waals surface area (Å²) in [7, 11) is -1.00. The molecular formula is C14H17ClN2O2S. The van der Waals surface area contributed by atoms with Crippen molar-refractivity contribution in [3.63, 3.8) is 0 Å². The number of benzene rings is 1. The Morgan fingerprint density at radius 2 is 2.00 bits per heavy atom. The summed E-state index contributed by atoms with van der Waals surface area (Å²) in [5.74, 6) is 0.521. The van der Waals surface area contributed by atoms with Crippen LogP contribution in [0.2, 0.25) is 0 Å². The molecule has 0 amide bonds. The smallest absolute Gasteiger partial charge is 0.261 e. The summed E-state index contributed by atoms with van der Waals surface area (Å²) in [6, 6.07) is 7.19. The summed E-state index contributed by atoms with van der Waals surface area (Å²) < 4.78 is 13.1. The van der Waals surface area contributed by atoms with Gasteiger partial charge in [-0.1, -0.05) is 12.1 Å². The maximum absolute atomic E-state index is 12.6. The molecule has 0 bridgehead atoms. The molecule has 20 heavy (non-hydrogen) atoms. The second kappa shape index (κ2) is 6.06. The lowest BCUT2D eigenvalue weighted by molar-refractivity contribution is 0.598. The van der Waals surface area contributed by atoms with Gasteiger partial charge in [-0.05, 0) is 26.0 Å². The molecule has 1 heterocycles. The van der Waals surface area contributed by atoms with Gasteiger partial charge < -0.3 is 0 Å². The van der Waals surface area contributed by atoms with Crippen LogP contribution in [0.4, 0.5) is 0 Å². The molecule has 4 nitrogen and oxygen atoms in total. The Labute approximate surface area is 125 Å². The van der Waals surface area contributed by atoms with Gasteiger partial charge in [-0.15, -0.1) is 11.6 Å². The summed E-state index contributed by atoms with van der Waals surface area (Å²) >= 11 is 6.15. The number of halogens is 1. The molecule has 0 spiro atoms. The van der Waals surface area contributed by atoms with Crippen LogP contribution >= 0.6 is 11.6 Å². The fourth-order valence-electron chi connectivity index (χ4n) is 2.03. The van der Waals surface area contributed by atoms with Gasteiger partial charge in [0.1, 0.15) is 5.82 Å². The normalized spacial score (nSPS) is 16.0. The Balaban J connectivity index is 2.67. The van der Waals surface area contributed by atoms with Gasteiger partial charge in [0.05, 0.1) is 16.3 Å². The van der Waals surface area contributed by atoms with Gasteiger partial charge in [0, 0.05) is 28.9 Å². The first-order valence-electron chi connectivity index (χ1n) is 6.37. The number of fused-ring (bicyclic) bond motifs is 1. The van der Waals surface area contributed by atoms with Crippen LogP contribution in [0.1, 0.15) is 25.0 Å². The van der Waals surface area contributed by atoms with Gasteiger partial charge in [-0.25, -0.2) is 4.98 Å². The van der Waals surface area contributed by atoms with Crippen LogP contribution in [0.5, 0.6) is 0 Å². The van der Waals surface area contributed by atoms with Gasteiger partial charge in [0.15, 0.2) is 0 Å². The Hall–Kier alpha value is -1.20. The fourth-order valence-corrected chi connectivity index (χ4v) is 2.55. The van der Waals surface area contributed by atoms with Gasteiger partial charge in [0.25, 0.3) is 5.56 Å². The van der Waals surface area contributed by atoms with Crippen LogP contribution in [0, 0.1) is 0 Å². The summed E-state index contributed by atoms with van der Waals surface area (Å²) in [5.41, 5.74) is 0.511. The van der Waals surface area contributed by atoms with Crippen LogP contribution in [0.25, 0.3) is 10.9 Å². The third-order valence-electron chi connectivity index (χ3n) is 3.25. The number of hydrogen-bond donors (Lipinski definition) is 0. The SMILES string of the molecule is CC(Cl)c1nc2ccccc2c(=O)n1CC(C)S(C)=O. The quantitative estimate of drug-likeness (QED) is 0.815. The van der Waals surface area contributed by atoms with E-state index >= 15 is 0 Å². The zero-order chi connectivity index (χ0) is 14.9. The molecule has 0 aliphatic heterocycles. The van der Waals surface area contributed by atoms with Crippen LogP contribution in [0.3, 0.4) is 0 Å². The van der Waals surface area contributed by atoms with Crippen molar-refractivity contribution in [1.82, 2.24) is 9.55 Å². The van der Waals surface area contributed by atoms with Crippen LogP contribution < -0.4 is 5.56 Å². The molecule has 3 unspecified atom stereocenters. The molecule has 0 saturated heterocycles. The highest BCUT2D eigenvalue weighted by Gasteiger charge is 2.17. The first-order chi connectivity index (χ1) is 9.41. The Bertz CT molecular complexity index is 712. The number of alkyl halides is 1. The highest BCUT2D eigenvalue weighted by Crippen LogP contribution is 2.19. The van der Waals surface area contributed by atoms with E-state index in [1.807, 2.05) is 13.0 Å². The second-order valence-electron chi connectivity index (χ2n) is 4.83. The Morgan fingerprint density at radius 1 is 1.35 bits per heavy atom. The van der Waals surface area contributed by atoms with E-state index < -0.39 is 10.8 Å². The van der Waals surface area contributed by atoms with E-state index in [1.165, 1.54) is 0 Å². The van der Waals surface area contributed by atoms with E-state index in [0.717, 1.165) is 0 Å². The minimum absolute atomic E-state index is 0.129. The Kier molecular flexibility index (Phi) is 4.60. The average molecular weight is 313 g/mol. The van der Waals surface area contributed by atoms with Crippen molar-refractivity contribution in [1.29, 1.82) is 0 Å². The van der Waals surface area contributed by atoms with E-state index in [2.05, 4.69) is 4.98 Å². The fraction of sp³-hybridized carbons (Fsp3) is 0.429. The van der Waals surface area contributed by atoms with Crippen molar-refractivity contribution in [2.45, 2.75) is 31.0 Å². The van der Waals surface area contributed by atoms with Gasteiger partial charge in [-0.2, -0.15) is 0 Å². The van der Waals surface area contributed by atoms with Crippen molar-refractivity contribution >= 4 is 33.3 Å². The van der Waals surface area contributed by atoms with Crippen molar-refractivity contribution in [3.05, 3.63) is 40.4 Å². The summed E-state index contributed by atoms with van der Waals surface area (Å²) in [6.07, 6.45) is 1.63. The lowest BCUT2D eigenvalue weighted by atomic mass is 10.2. The predicted octanol–water partition coefficient (Wildman–Crippen LogP) is 2.46. The summed E-state index contributed by atoms with van der Waals surface area (Å²) in [5, 5.41) is 0.0391. The summed E-state index contributed by atoms with van der Waals surface area (Å²) in [4.78, 5) is 17.1. The molecule has 0 fully saturated rings. The molecule has 3 atom stereocenters. The van der Waals surface area contributed by atoms with Crippen molar-refractivity contribution in [2.24, 2.45) is 0 Å². The molecular weight excluding hydrogens is 296 g/mol. The molecule has 2 rings (SSSR count). The highest BCUT2D eigenvalue weighted by atomic mass is 35.5. The highest BCUT2D eigenvalue weighted by molar-refractivity contribution is 7.84. The number of para-hydroxylation sites is 1. The molecule has 0 aliphatic rings. The summed E-state index contributed by atoms with van der Waals surface area (Å²) in [6.45, 7) is 3.98. The van der Waals surface area contributed by atoms with Crippen LogP contribution in [-0.2, 0) is 17.3 Å². The lowest BCUT2D eigenvalue weighted by Crippen LogP contribution is -2.31. The number of rotatable bonds is 4. The number of nitrogens with zero attached hydrogens (tertiary/aromatic N) is 2. The minimum atomic E-state index is -1.00. The van der Waals surface area contributed by atoms with Gasteiger partial charge >= 0.3 is 0 Å². The molecule has 0 saturated carbocycles.